The zero-order chi connectivity index (χ0) is 15.4. The largest absolute Gasteiger partial charge is 0.478 e. The summed E-state index contributed by atoms with van der Waals surface area (Å²) in [5, 5.41) is 11.7. The normalized spacial score (nSPS) is 19.3. The van der Waals surface area contributed by atoms with E-state index in [0.29, 0.717) is 12.6 Å². The molecule has 0 aliphatic carbocycles. The number of carbonyl (C=O) groups is 2. The van der Waals surface area contributed by atoms with Crippen molar-refractivity contribution in [2.45, 2.75) is 19.5 Å². The molecule has 1 aromatic carbocycles. The molecule has 6 nitrogen and oxygen atoms in total. The Hall–Kier alpha value is -2.08. The number of carboxylic acids is 1. The van der Waals surface area contributed by atoms with Crippen molar-refractivity contribution in [3.05, 3.63) is 35.4 Å². The summed E-state index contributed by atoms with van der Waals surface area (Å²) in [5.41, 5.74) is 1.13. The molecule has 21 heavy (non-hydrogen) atoms. The molecular weight excluding hydrogens is 270 g/mol. The van der Waals surface area contributed by atoms with Gasteiger partial charge in [0.2, 0.25) is 0 Å². The van der Waals surface area contributed by atoms with E-state index in [1.807, 2.05) is 4.90 Å². The van der Waals surface area contributed by atoms with E-state index < -0.39 is 5.97 Å². The summed E-state index contributed by atoms with van der Waals surface area (Å²) in [6, 6.07) is 6.81. The molecule has 0 radical (unpaired) electrons. The molecule has 1 aliphatic rings. The van der Waals surface area contributed by atoms with Crippen LogP contribution in [-0.4, -0.2) is 59.6 Å². The minimum absolute atomic E-state index is 0.0720. The van der Waals surface area contributed by atoms with Gasteiger partial charge in [-0.15, -0.1) is 0 Å². The summed E-state index contributed by atoms with van der Waals surface area (Å²) in [7, 11) is 2.06. The van der Waals surface area contributed by atoms with Gasteiger partial charge in [0.05, 0.1) is 5.56 Å². The molecule has 2 rings (SSSR count). The van der Waals surface area contributed by atoms with Crippen LogP contribution in [0.2, 0.25) is 0 Å². The van der Waals surface area contributed by atoms with Crippen LogP contribution in [0.1, 0.15) is 22.8 Å². The lowest BCUT2D eigenvalue weighted by Gasteiger charge is -2.37. The number of likely N-dealkylation sites (N-methyl/N-ethyl adjacent to an activating group) is 1. The number of carboxylic acid groups (broad SMARTS) is 1. The fourth-order valence-electron chi connectivity index (χ4n) is 2.29. The predicted molar refractivity (Wildman–Crippen MR) is 79.3 cm³/mol. The van der Waals surface area contributed by atoms with Crippen molar-refractivity contribution < 1.29 is 14.7 Å². The Morgan fingerprint density at radius 3 is 2.52 bits per heavy atom. The first-order valence-corrected chi connectivity index (χ1v) is 7.02. The third-order valence-electron chi connectivity index (χ3n) is 3.89. The van der Waals surface area contributed by atoms with Crippen LogP contribution >= 0.6 is 0 Å². The number of amides is 2. The van der Waals surface area contributed by atoms with Gasteiger partial charge in [-0.1, -0.05) is 12.1 Å². The zero-order valence-corrected chi connectivity index (χ0v) is 12.4. The molecule has 0 aromatic heterocycles. The maximum atomic E-state index is 12.1. The van der Waals surface area contributed by atoms with Crippen molar-refractivity contribution in [1.82, 2.24) is 15.1 Å². The Bertz CT molecular complexity index is 515. The molecule has 1 saturated heterocycles. The van der Waals surface area contributed by atoms with Gasteiger partial charge in [-0.05, 0) is 31.7 Å². The number of carbonyl (C=O) groups excluding carboxylic acids is 1. The van der Waals surface area contributed by atoms with Crippen LogP contribution in [0.3, 0.4) is 0 Å². The Morgan fingerprint density at radius 1 is 1.29 bits per heavy atom. The summed E-state index contributed by atoms with van der Waals surface area (Å²) in [5.74, 6) is -0.947. The number of benzene rings is 1. The summed E-state index contributed by atoms with van der Waals surface area (Å²) < 4.78 is 0. The molecule has 0 saturated carbocycles. The SMILES string of the molecule is CC1CN(C(=O)NCc2ccc(C(=O)O)cc2)CCN1C. The van der Waals surface area contributed by atoms with E-state index in [2.05, 4.69) is 24.2 Å². The second-order valence-corrected chi connectivity index (χ2v) is 5.44. The lowest BCUT2D eigenvalue weighted by molar-refractivity contribution is 0.0697. The average molecular weight is 291 g/mol. The van der Waals surface area contributed by atoms with Gasteiger partial charge in [-0.3, -0.25) is 0 Å². The van der Waals surface area contributed by atoms with Crippen LogP contribution < -0.4 is 5.32 Å². The monoisotopic (exact) mass is 291 g/mol. The second kappa shape index (κ2) is 6.58. The molecule has 2 N–H and O–H groups in total. The number of rotatable bonds is 3. The Kier molecular flexibility index (Phi) is 4.80. The highest BCUT2D eigenvalue weighted by Gasteiger charge is 2.23. The highest BCUT2D eigenvalue weighted by atomic mass is 16.4. The van der Waals surface area contributed by atoms with E-state index >= 15 is 0 Å². The predicted octanol–water partition coefficient (Wildman–Crippen LogP) is 1.23. The minimum atomic E-state index is -0.947. The molecule has 1 heterocycles. The number of urea groups is 1. The molecule has 1 aliphatic heterocycles. The van der Waals surface area contributed by atoms with Gasteiger partial charge in [0, 0.05) is 32.2 Å². The third-order valence-corrected chi connectivity index (χ3v) is 3.89. The molecule has 1 fully saturated rings. The third kappa shape index (κ3) is 3.95. The topological polar surface area (TPSA) is 72.9 Å². The summed E-state index contributed by atoms with van der Waals surface area (Å²) in [6.45, 7) is 4.83. The molecule has 0 bridgehead atoms. The van der Waals surface area contributed by atoms with Crippen molar-refractivity contribution in [2.24, 2.45) is 0 Å². The van der Waals surface area contributed by atoms with Gasteiger partial charge in [0.25, 0.3) is 0 Å². The van der Waals surface area contributed by atoms with Gasteiger partial charge in [0.15, 0.2) is 0 Å². The maximum absolute atomic E-state index is 12.1. The number of hydrogen-bond acceptors (Lipinski definition) is 3. The van der Waals surface area contributed by atoms with Crippen LogP contribution in [0, 0.1) is 0 Å². The van der Waals surface area contributed by atoms with Crippen LogP contribution in [0.15, 0.2) is 24.3 Å². The molecule has 2 amide bonds. The van der Waals surface area contributed by atoms with Crippen LogP contribution in [0.4, 0.5) is 4.79 Å². The zero-order valence-electron chi connectivity index (χ0n) is 12.4. The fraction of sp³-hybridized carbons (Fsp3) is 0.467. The molecule has 0 spiro atoms. The van der Waals surface area contributed by atoms with Crippen molar-refractivity contribution in [3.8, 4) is 0 Å². The maximum Gasteiger partial charge on any atom is 0.335 e. The second-order valence-electron chi connectivity index (χ2n) is 5.44. The summed E-state index contributed by atoms with van der Waals surface area (Å²) in [6.07, 6.45) is 0. The first-order chi connectivity index (χ1) is 9.97. The lowest BCUT2D eigenvalue weighted by Crippen LogP contribution is -2.54. The van der Waals surface area contributed by atoms with Crippen molar-refractivity contribution >= 4 is 12.0 Å². The van der Waals surface area contributed by atoms with Crippen molar-refractivity contribution in [2.75, 3.05) is 26.7 Å². The molecule has 1 atom stereocenters. The average Bonchev–Trinajstić information content (AvgIpc) is 2.48. The van der Waals surface area contributed by atoms with Gasteiger partial charge in [-0.25, -0.2) is 9.59 Å². The Morgan fingerprint density at radius 2 is 1.95 bits per heavy atom. The minimum Gasteiger partial charge on any atom is -0.478 e. The highest BCUT2D eigenvalue weighted by Crippen LogP contribution is 2.08. The summed E-state index contributed by atoms with van der Waals surface area (Å²) >= 11 is 0. The van der Waals surface area contributed by atoms with Gasteiger partial charge in [-0.2, -0.15) is 0 Å². The van der Waals surface area contributed by atoms with E-state index in [-0.39, 0.29) is 11.6 Å². The number of nitrogens with one attached hydrogen (secondary N) is 1. The Labute approximate surface area is 124 Å². The van der Waals surface area contributed by atoms with Crippen LogP contribution in [-0.2, 0) is 6.54 Å². The van der Waals surface area contributed by atoms with E-state index in [0.717, 1.165) is 25.2 Å². The number of piperazine rings is 1. The smallest absolute Gasteiger partial charge is 0.335 e. The standard InChI is InChI=1S/C15H21N3O3/c1-11-10-18(8-7-17(11)2)15(21)16-9-12-3-5-13(6-4-12)14(19)20/h3-6,11H,7-10H2,1-2H3,(H,16,21)(H,19,20). The molecule has 6 heteroatoms. The first kappa shape index (κ1) is 15.3. The molecule has 1 aromatic rings. The molecular formula is C15H21N3O3. The van der Waals surface area contributed by atoms with E-state index in [1.54, 1.807) is 24.3 Å². The highest BCUT2D eigenvalue weighted by molar-refractivity contribution is 5.87. The lowest BCUT2D eigenvalue weighted by atomic mass is 10.1. The first-order valence-electron chi connectivity index (χ1n) is 7.02. The molecule has 1 unspecified atom stereocenters. The number of hydrogen-bond donors (Lipinski definition) is 2. The van der Waals surface area contributed by atoms with E-state index in [4.69, 9.17) is 5.11 Å². The number of aromatic carboxylic acids is 1. The molecule has 114 valence electrons. The van der Waals surface area contributed by atoms with E-state index in [9.17, 15) is 9.59 Å². The van der Waals surface area contributed by atoms with E-state index in [1.165, 1.54) is 0 Å². The van der Waals surface area contributed by atoms with Gasteiger partial charge < -0.3 is 20.2 Å². The van der Waals surface area contributed by atoms with Crippen molar-refractivity contribution in [3.63, 3.8) is 0 Å². The summed E-state index contributed by atoms with van der Waals surface area (Å²) in [4.78, 5) is 26.9. The fourth-order valence-corrected chi connectivity index (χ4v) is 2.29. The quantitative estimate of drug-likeness (QED) is 0.878. The van der Waals surface area contributed by atoms with Crippen molar-refractivity contribution in [1.29, 1.82) is 0 Å². The van der Waals surface area contributed by atoms with Crippen LogP contribution in [0.5, 0.6) is 0 Å². The number of nitrogens with zero attached hydrogens (tertiary/aromatic N) is 2. The van der Waals surface area contributed by atoms with Gasteiger partial charge >= 0.3 is 12.0 Å². The van der Waals surface area contributed by atoms with Crippen LogP contribution in [0.25, 0.3) is 0 Å². The Balaban J connectivity index is 1.85. The van der Waals surface area contributed by atoms with Gasteiger partial charge in [0.1, 0.15) is 0 Å².